The van der Waals surface area contributed by atoms with Crippen LogP contribution in [0.5, 0.6) is 5.75 Å². The Morgan fingerprint density at radius 2 is 2.13 bits per heavy atom. The van der Waals surface area contributed by atoms with Crippen LogP contribution in [0.4, 0.5) is 0 Å². The maximum absolute atomic E-state index is 12.4. The first-order valence-corrected chi connectivity index (χ1v) is 10.4. The Balaban J connectivity index is 1.76. The van der Waals surface area contributed by atoms with Crippen molar-refractivity contribution in [1.82, 2.24) is 9.88 Å². The minimum Gasteiger partial charge on any atom is -0.497 e. The fourth-order valence-electron chi connectivity index (χ4n) is 4.24. The van der Waals surface area contributed by atoms with Gasteiger partial charge in [0.1, 0.15) is 11.4 Å². The van der Waals surface area contributed by atoms with Gasteiger partial charge in [-0.05, 0) is 43.0 Å². The zero-order chi connectivity index (χ0) is 21.1. The van der Waals surface area contributed by atoms with Crippen LogP contribution in [0.2, 0.25) is 0 Å². The molecular formula is C24H28N2O4. The number of rotatable bonds is 8. The molecule has 6 nitrogen and oxygen atoms in total. The first-order valence-electron chi connectivity index (χ1n) is 10.4. The van der Waals surface area contributed by atoms with Crippen molar-refractivity contribution in [3.63, 3.8) is 0 Å². The van der Waals surface area contributed by atoms with Gasteiger partial charge in [0.15, 0.2) is 0 Å². The molecule has 0 radical (unpaired) electrons. The average Bonchev–Trinajstić information content (AvgIpc) is 3.36. The molecule has 3 aromatic rings. The molecule has 30 heavy (non-hydrogen) atoms. The van der Waals surface area contributed by atoms with Gasteiger partial charge >= 0.3 is 5.97 Å². The molecule has 0 unspecified atom stereocenters. The number of hydrogen-bond acceptors (Lipinski definition) is 4. The standard InChI is InChI=1S/C24H28N2O4/c1-16-6-3-4-7-17(16)15-26-22-12-18(29-2)9-10-20(22)21(23(26)24(27)28)14-25-13-19-8-5-11-30-19/h3-4,6-7,9-10,12,19,25H,5,8,11,13-15H2,1-2H3,(H,27,28)/t19-/m0/s1. The molecule has 0 aliphatic carbocycles. The molecule has 1 fully saturated rings. The number of fused-ring (bicyclic) bond motifs is 1. The largest absolute Gasteiger partial charge is 0.497 e. The number of aryl methyl sites for hydroxylation is 1. The molecule has 6 heteroatoms. The molecule has 2 heterocycles. The molecule has 1 aliphatic heterocycles. The zero-order valence-corrected chi connectivity index (χ0v) is 17.5. The second-order valence-corrected chi connectivity index (χ2v) is 7.79. The normalized spacial score (nSPS) is 16.3. The first-order chi connectivity index (χ1) is 14.6. The summed E-state index contributed by atoms with van der Waals surface area (Å²) in [5, 5.41) is 14.5. The molecule has 2 aromatic carbocycles. The van der Waals surface area contributed by atoms with Crippen LogP contribution in [0.3, 0.4) is 0 Å². The zero-order valence-electron chi connectivity index (χ0n) is 17.5. The maximum Gasteiger partial charge on any atom is 0.352 e. The van der Waals surface area contributed by atoms with Gasteiger partial charge in [0.2, 0.25) is 0 Å². The lowest BCUT2D eigenvalue weighted by Crippen LogP contribution is -2.26. The van der Waals surface area contributed by atoms with Crippen LogP contribution in [-0.2, 0) is 17.8 Å². The molecule has 0 spiro atoms. The van der Waals surface area contributed by atoms with Crippen molar-refractivity contribution in [3.8, 4) is 5.75 Å². The molecule has 1 saturated heterocycles. The van der Waals surface area contributed by atoms with Gasteiger partial charge in [0, 0.05) is 43.3 Å². The number of aromatic carboxylic acids is 1. The van der Waals surface area contributed by atoms with Crippen LogP contribution in [0, 0.1) is 6.92 Å². The molecule has 0 bridgehead atoms. The van der Waals surface area contributed by atoms with E-state index in [-0.39, 0.29) is 6.10 Å². The van der Waals surface area contributed by atoms with Gasteiger partial charge in [-0.2, -0.15) is 0 Å². The number of hydrogen-bond donors (Lipinski definition) is 2. The molecule has 1 aliphatic rings. The highest BCUT2D eigenvalue weighted by atomic mass is 16.5. The number of ether oxygens (including phenoxy) is 2. The Kier molecular flexibility index (Phi) is 6.06. The van der Waals surface area contributed by atoms with Crippen LogP contribution in [0.1, 0.15) is 40.0 Å². The average molecular weight is 408 g/mol. The van der Waals surface area contributed by atoms with Crippen LogP contribution in [0.25, 0.3) is 10.9 Å². The molecule has 158 valence electrons. The summed E-state index contributed by atoms with van der Waals surface area (Å²) in [6, 6.07) is 13.8. The number of carbonyl (C=O) groups is 1. The van der Waals surface area contributed by atoms with Gasteiger partial charge in [-0.15, -0.1) is 0 Å². The summed E-state index contributed by atoms with van der Waals surface area (Å²) >= 11 is 0. The number of carboxylic acid groups (broad SMARTS) is 1. The third kappa shape index (κ3) is 4.06. The second kappa shape index (κ2) is 8.90. The predicted octanol–water partition coefficient (Wildman–Crippen LogP) is 3.97. The Hall–Kier alpha value is -2.83. The van der Waals surface area contributed by atoms with E-state index in [2.05, 4.69) is 5.32 Å². The maximum atomic E-state index is 12.4. The van der Waals surface area contributed by atoms with Gasteiger partial charge in [0.25, 0.3) is 0 Å². The van der Waals surface area contributed by atoms with E-state index in [1.807, 2.05) is 54.0 Å². The van der Waals surface area contributed by atoms with Crippen molar-refractivity contribution in [3.05, 3.63) is 64.8 Å². The third-order valence-corrected chi connectivity index (χ3v) is 5.87. The van der Waals surface area contributed by atoms with Gasteiger partial charge in [-0.3, -0.25) is 0 Å². The molecular weight excluding hydrogens is 380 g/mol. The summed E-state index contributed by atoms with van der Waals surface area (Å²) in [5.41, 5.74) is 4.22. The quantitative estimate of drug-likeness (QED) is 0.590. The monoisotopic (exact) mass is 408 g/mol. The van der Waals surface area contributed by atoms with E-state index >= 15 is 0 Å². The molecule has 4 rings (SSSR count). The fourth-order valence-corrected chi connectivity index (χ4v) is 4.24. The number of methoxy groups -OCH3 is 1. The topological polar surface area (TPSA) is 72.7 Å². The van der Waals surface area contributed by atoms with Crippen LogP contribution in [-0.4, -0.2) is 42.0 Å². The Bertz CT molecular complexity index is 1050. The Labute approximate surface area is 176 Å². The summed E-state index contributed by atoms with van der Waals surface area (Å²) in [6.45, 7) is 4.54. The lowest BCUT2D eigenvalue weighted by Gasteiger charge is -2.13. The number of carboxylic acids is 1. The SMILES string of the molecule is COc1ccc2c(CNC[C@@H]3CCCO3)c(C(=O)O)n(Cc3ccccc3C)c2c1. The lowest BCUT2D eigenvalue weighted by molar-refractivity contribution is 0.0684. The third-order valence-electron chi connectivity index (χ3n) is 5.87. The van der Waals surface area contributed by atoms with E-state index in [9.17, 15) is 9.90 Å². The van der Waals surface area contributed by atoms with E-state index in [1.165, 1.54) is 0 Å². The van der Waals surface area contributed by atoms with E-state index < -0.39 is 5.97 Å². The predicted molar refractivity (Wildman–Crippen MR) is 116 cm³/mol. The second-order valence-electron chi connectivity index (χ2n) is 7.79. The smallest absolute Gasteiger partial charge is 0.352 e. The molecule has 2 N–H and O–H groups in total. The highest BCUT2D eigenvalue weighted by molar-refractivity contribution is 5.98. The number of nitrogens with zero attached hydrogens (tertiary/aromatic N) is 1. The van der Waals surface area contributed by atoms with E-state index in [1.54, 1.807) is 7.11 Å². The van der Waals surface area contributed by atoms with Crippen LogP contribution >= 0.6 is 0 Å². The minimum atomic E-state index is -0.923. The summed E-state index contributed by atoms with van der Waals surface area (Å²) in [6.07, 6.45) is 2.34. The Morgan fingerprint density at radius 3 is 2.83 bits per heavy atom. The van der Waals surface area contributed by atoms with Gasteiger partial charge in [-0.25, -0.2) is 4.79 Å². The highest BCUT2D eigenvalue weighted by Crippen LogP contribution is 2.31. The van der Waals surface area contributed by atoms with Crippen molar-refractivity contribution in [1.29, 1.82) is 0 Å². The highest BCUT2D eigenvalue weighted by Gasteiger charge is 2.24. The number of benzene rings is 2. The van der Waals surface area contributed by atoms with Crippen molar-refractivity contribution in [2.24, 2.45) is 0 Å². The van der Waals surface area contributed by atoms with Gasteiger partial charge in [-0.1, -0.05) is 24.3 Å². The van der Waals surface area contributed by atoms with Crippen molar-refractivity contribution in [2.45, 2.75) is 39.0 Å². The first kappa shape index (κ1) is 20.4. The molecule has 0 amide bonds. The summed E-state index contributed by atoms with van der Waals surface area (Å²) in [7, 11) is 1.62. The van der Waals surface area contributed by atoms with E-state index in [0.717, 1.165) is 53.6 Å². The van der Waals surface area contributed by atoms with Crippen molar-refractivity contribution >= 4 is 16.9 Å². The van der Waals surface area contributed by atoms with Crippen LogP contribution in [0.15, 0.2) is 42.5 Å². The molecule has 1 aromatic heterocycles. The summed E-state index contributed by atoms with van der Waals surface area (Å²) in [4.78, 5) is 12.4. The lowest BCUT2D eigenvalue weighted by atomic mass is 10.1. The minimum absolute atomic E-state index is 0.207. The molecule has 1 atom stereocenters. The number of nitrogens with one attached hydrogen (secondary N) is 1. The molecule has 0 saturated carbocycles. The van der Waals surface area contributed by atoms with Crippen molar-refractivity contribution in [2.75, 3.05) is 20.3 Å². The van der Waals surface area contributed by atoms with E-state index in [0.29, 0.717) is 24.5 Å². The van der Waals surface area contributed by atoms with Gasteiger partial charge < -0.3 is 24.5 Å². The van der Waals surface area contributed by atoms with Crippen LogP contribution < -0.4 is 10.1 Å². The Morgan fingerprint density at radius 1 is 1.30 bits per heavy atom. The van der Waals surface area contributed by atoms with Gasteiger partial charge in [0.05, 0.1) is 18.7 Å². The number of aromatic nitrogens is 1. The fraction of sp³-hybridized carbons (Fsp3) is 0.375. The summed E-state index contributed by atoms with van der Waals surface area (Å²) < 4.78 is 13.0. The van der Waals surface area contributed by atoms with Crippen molar-refractivity contribution < 1.29 is 19.4 Å². The van der Waals surface area contributed by atoms with E-state index in [4.69, 9.17) is 9.47 Å². The summed E-state index contributed by atoms with van der Waals surface area (Å²) in [5.74, 6) is -0.213.